The molecule has 1 aromatic heterocycles. The average molecular weight is 358 g/mol. The first-order valence-corrected chi connectivity index (χ1v) is 7.59. The number of nitrogens with zero attached hydrogens (tertiary/aromatic N) is 2. The fraction of sp³-hybridized carbons (Fsp3) is 0.0556. The highest BCUT2D eigenvalue weighted by Gasteiger charge is 2.14. The Labute approximate surface area is 146 Å². The van der Waals surface area contributed by atoms with E-state index in [9.17, 15) is 18.0 Å². The molecule has 2 aromatic carbocycles. The van der Waals surface area contributed by atoms with Gasteiger partial charge in [-0.2, -0.15) is 0 Å². The van der Waals surface area contributed by atoms with Crippen LogP contribution >= 0.6 is 0 Å². The van der Waals surface area contributed by atoms with Crippen LogP contribution in [-0.4, -0.2) is 15.9 Å². The largest absolute Gasteiger partial charge is 0.347 e. The third-order valence-corrected chi connectivity index (χ3v) is 3.48. The molecule has 0 aliphatic heterocycles. The maximum atomic E-state index is 13.6. The lowest BCUT2D eigenvalue weighted by Crippen LogP contribution is -2.24. The van der Waals surface area contributed by atoms with Crippen molar-refractivity contribution in [1.29, 1.82) is 0 Å². The molecular formula is C18H13F3N4O. The summed E-state index contributed by atoms with van der Waals surface area (Å²) in [5, 5.41) is 5.17. The van der Waals surface area contributed by atoms with Gasteiger partial charge in [0.1, 0.15) is 11.5 Å². The number of nitrogens with one attached hydrogen (secondary N) is 2. The molecule has 26 heavy (non-hydrogen) atoms. The Morgan fingerprint density at radius 1 is 0.923 bits per heavy atom. The van der Waals surface area contributed by atoms with Crippen molar-refractivity contribution in [2.75, 3.05) is 5.32 Å². The van der Waals surface area contributed by atoms with E-state index in [1.807, 2.05) is 30.3 Å². The molecule has 0 bridgehead atoms. The van der Waals surface area contributed by atoms with Crippen molar-refractivity contribution in [3.8, 4) is 0 Å². The van der Waals surface area contributed by atoms with Crippen molar-refractivity contribution in [2.45, 2.75) is 6.54 Å². The van der Waals surface area contributed by atoms with Gasteiger partial charge in [-0.1, -0.05) is 30.3 Å². The molecule has 132 valence electrons. The standard InChI is InChI=1S/C18H13F3N4O/c19-12-6-7-13(17(21)16(12)20)25-15-10-22-14(9-23-15)18(26)24-8-11-4-2-1-3-5-11/h1-7,9-10H,8H2,(H,23,25)(H,24,26). The number of hydrogen-bond acceptors (Lipinski definition) is 4. The van der Waals surface area contributed by atoms with Gasteiger partial charge in [0.05, 0.1) is 18.1 Å². The number of carbonyl (C=O) groups excluding carboxylic acids is 1. The van der Waals surface area contributed by atoms with Gasteiger partial charge in [-0.3, -0.25) is 4.79 Å². The van der Waals surface area contributed by atoms with Crippen LogP contribution in [0, 0.1) is 17.5 Å². The molecule has 1 amide bonds. The van der Waals surface area contributed by atoms with Gasteiger partial charge >= 0.3 is 0 Å². The van der Waals surface area contributed by atoms with Gasteiger partial charge < -0.3 is 10.6 Å². The maximum absolute atomic E-state index is 13.6. The van der Waals surface area contributed by atoms with Gasteiger partial charge in [-0.15, -0.1) is 0 Å². The van der Waals surface area contributed by atoms with E-state index in [-0.39, 0.29) is 17.2 Å². The molecule has 1 heterocycles. The van der Waals surface area contributed by atoms with Crippen molar-refractivity contribution in [1.82, 2.24) is 15.3 Å². The van der Waals surface area contributed by atoms with E-state index >= 15 is 0 Å². The molecule has 0 saturated heterocycles. The van der Waals surface area contributed by atoms with E-state index in [1.165, 1.54) is 12.4 Å². The highest BCUT2D eigenvalue weighted by Crippen LogP contribution is 2.22. The van der Waals surface area contributed by atoms with Crippen molar-refractivity contribution in [2.24, 2.45) is 0 Å². The van der Waals surface area contributed by atoms with Crippen LogP contribution in [0.1, 0.15) is 16.1 Å². The van der Waals surface area contributed by atoms with E-state index in [0.717, 1.165) is 17.7 Å². The number of halogens is 3. The summed E-state index contributed by atoms with van der Waals surface area (Å²) in [4.78, 5) is 19.9. The Balaban J connectivity index is 1.65. The number of benzene rings is 2. The molecule has 0 saturated carbocycles. The zero-order valence-corrected chi connectivity index (χ0v) is 13.3. The van der Waals surface area contributed by atoms with E-state index in [0.29, 0.717) is 6.54 Å². The maximum Gasteiger partial charge on any atom is 0.271 e. The second kappa shape index (κ2) is 7.64. The first kappa shape index (κ1) is 17.4. The van der Waals surface area contributed by atoms with Gasteiger partial charge in [0.2, 0.25) is 0 Å². The molecule has 8 heteroatoms. The topological polar surface area (TPSA) is 66.9 Å². The highest BCUT2D eigenvalue weighted by atomic mass is 19.2. The van der Waals surface area contributed by atoms with Gasteiger partial charge in [0.25, 0.3) is 5.91 Å². The zero-order valence-electron chi connectivity index (χ0n) is 13.3. The number of carbonyl (C=O) groups is 1. The van der Waals surface area contributed by atoms with Gasteiger partial charge in [0, 0.05) is 6.54 Å². The minimum absolute atomic E-state index is 0.0669. The van der Waals surface area contributed by atoms with Crippen LogP contribution in [0.2, 0.25) is 0 Å². The normalized spacial score (nSPS) is 10.4. The summed E-state index contributed by atoms with van der Waals surface area (Å²) < 4.78 is 39.8. The predicted molar refractivity (Wildman–Crippen MR) is 89.2 cm³/mol. The Morgan fingerprint density at radius 2 is 1.69 bits per heavy atom. The van der Waals surface area contributed by atoms with Crippen molar-refractivity contribution < 1.29 is 18.0 Å². The van der Waals surface area contributed by atoms with Crippen molar-refractivity contribution >= 4 is 17.4 Å². The van der Waals surface area contributed by atoms with Crippen LogP contribution in [0.25, 0.3) is 0 Å². The first-order valence-electron chi connectivity index (χ1n) is 7.59. The summed E-state index contributed by atoms with van der Waals surface area (Å²) in [5.41, 5.74) is 0.706. The number of hydrogen-bond donors (Lipinski definition) is 2. The second-order valence-corrected chi connectivity index (χ2v) is 5.30. The van der Waals surface area contributed by atoms with Crippen LogP contribution in [0.4, 0.5) is 24.7 Å². The van der Waals surface area contributed by atoms with Crippen LogP contribution < -0.4 is 10.6 Å². The minimum Gasteiger partial charge on any atom is -0.347 e. The smallest absolute Gasteiger partial charge is 0.271 e. The molecule has 0 atom stereocenters. The van der Waals surface area contributed by atoms with Gasteiger partial charge in [-0.05, 0) is 17.7 Å². The Hall–Kier alpha value is -3.42. The summed E-state index contributed by atoms with van der Waals surface area (Å²) in [7, 11) is 0. The second-order valence-electron chi connectivity index (χ2n) is 5.30. The Bertz CT molecular complexity index is 918. The molecule has 3 aromatic rings. The molecule has 0 radical (unpaired) electrons. The van der Waals surface area contributed by atoms with Gasteiger partial charge in [-0.25, -0.2) is 23.1 Å². The van der Waals surface area contributed by atoms with Crippen molar-refractivity contribution in [3.63, 3.8) is 0 Å². The molecule has 0 aliphatic rings. The van der Waals surface area contributed by atoms with Gasteiger partial charge in [0.15, 0.2) is 17.5 Å². The van der Waals surface area contributed by atoms with E-state index < -0.39 is 23.4 Å². The number of amides is 1. The fourth-order valence-corrected chi connectivity index (χ4v) is 2.14. The number of aromatic nitrogens is 2. The van der Waals surface area contributed by atoms with Crippen molar-refractivity contribution in [3.05, 3.63) is 83.6 Å². The summed E-state index contributed by atoms with van der Waals surface area (Å²) in [6.07, 6.45) is 2.39. The highest BCUT2D eigenvalue weighted by molar-refractivity contribution is 5.92. The minimum atomic E-state index is -1.58. The van der Waals surface area contributed by atoms with Crippen LogP contribution in [0.5, 0.6) is 0 Å². The fourth-order valence-electron chi connectivity index (χ4n) is 2.14. The molecule has 0 fully saturated rings. The summed E-state index contributed by atoms with van der Waals surface area (Å²) >= 11 is 0. The molecule has 0 aliphatic carbocycles. The lowest BCUT2D eigenvalue weighted by Gasteiger charge is -2.08. The monoisotopic (exact) mass is 358 g/mol. The Morgan fingerprint density at radius 3 is 2.38 bits per heavy atom. The lowest BCUT2D eigenvalue weighted by atomic mass is 10.2. The molecular weight excluding hydrogens is 345 g/mol. The molecule has 2 N–H and O–H groups in total. The lowest BCUT2D eigenvalue weighted by molar-refractivity contribution is 0.0945. The average Bonchev–Trinajstić information content (AvgIpc) is 2.68. The predicted octanol–water partition coefficient (Wildman–Crippen LogP) is 3.57. The quantitative estimate of drug-likeness (QED) is 0.685. The molecule has 5 nitrogen and oxygen atoms in total. The van der Waals surface area contributed by atoms with E-state index in [1.54, 1.807) is 0 Å². The first-order chi connectivity index (χ1) is 12.5. The third-order valence-electron chi connectivity index (χ3n) is 3.48. The Kier molecular flexibility index (Phi) is 5.12. The summed E-state index contributed by atoms with van der Waals surface area (Å²) in [6, 6.07) is 11.2. The summed E-state index contributed by atoms with van der Waals surface area (Å²) in [6.45, 7) is 0.335. The van der Waals surface area contributed by atoms with E-state index in [4.69, 9.17) is 0 Å². The van der Waals surface area contributed by atoms with Crippen LogP contribution in [0.15, 0.2) is 54.9 Å². The van der Waals surface area contributed by atoms with E-state index in [2.05, 4.69) is 20.6 Å². The SMILES string of the molecule is O=C(NCc1ccccc1)c1cnc(Nc2ccc(F)c(F)c2F)cn1. The number of rotatable bonds is 5. The molecule has 3 rings (SSSR count). The zero-order chi connectivity index (χ0) is 18.5. The van der Waals surface area contributed by atoms with Crippen LogP contribution in [0.3, 0.4) is 0 Å². The number of anilines is 2. The van der Waals surface area contributed by atoms with Crippen LogP contribution in [-0.2, 0) is 6.54 Å². The third kappa shape index (κ3) is 3.97. The molecule has 0 unspecified atom stereocenters. The molecule has 0 spiro atoms. The summed E-state index contributed by atoms with van der Waals surface area (Å²) in [5.74, 6) is -4.58.